The first-order valence-corrected chi connectivity index (χ1v) is 6.23. The zero-order chi connectivity index (χ0) is 13.1. The van der Waals surface area contributed by atoms with E-state index in [2.05, 4.69) is 24.1 Å². The van der Waals surface area contributed by atoms with E-state index in [1.165, 1.54) is 0 Å². The highest BCUT2D eigenvalue weighted by atomic mass is 16.1. The number of carbonyl (C=O) groups is 1. The lowest BCUT2D eigenvalue weighted by Crippen LogP contribution is -2.28. The van der Waals surface area contributed by atoms with E-state index in [4.69, 9.17) is 0 Å². The molecule has 4 nitrogen and oxygen atoms in total. The van der Waals surface area contributed by atoms with Crippen LogP contribution in [0.4, 0.5) is 0 Å². The summed E-state index contributed by atoms with van der Waals surface area (Å²) in [6.45, 7) is 4.89. The molecular weight excluding hydrogens is 226 g/mol. The molecule has 1 amide bonds. The van der Waals surface area contributed by atoms with Crippen LogP contribution in [0.25, 0.3) is 11.0 Å². The van der Waals surface area contributed by atoms with E-state index in [0.29, 0.717) is 12.3 Å². The first-order valence-electron chi connectivity index (χ1n) is 6.23. The van der Waals surface area contributed by atoms with E-state index < -0.39 is 0 Å². The molecule has 0 fully saturated rings. The van der Waals surface area contributed by atoms with Crippen LogP contribution in [0.1, 0.15) is 19.4 Å². The summed E-state index contributed by atoms with van der Waals surface area (Å²) in [5, 5.41) is 2.92. The van der Waals surface area contributed by atoms with E-state index in [-0.39, 0.29) is 5.91 Å². The molecule has 1 aromatic heterocycles. The maximum atomic E-state index is 11.7. The van der Waals surface area contributed by atoms with E-state index in [9.17, 15) is 4.79 Å². The summed E-state index contributed by atoms with van der Waals surface area (Å²) >= 11 is 0. The van der Waals surface area contributed by atoms with Crippen LogP contribution in [0.2, 0.25) is 0 Å². The van der Waals surface area contributed by atoms with Gasteiger partial charge < -0.3 is 9.88 Å². The molecule has 0 aliphatic rings. The first-order chi connectivity index (χ1) is 8.56. The summed E-state index contributed by atoms with van der Waals surface area (Å²) in [5.41, 5.74) is 3.02. The number of rotatable bonds is 4. The normalized spacial score (nSPS) is 11.1. The molecule has 0 unspecified atom stereocenters. The van der Waals surface area contributed by atoms with Gasteiger partial charge in [-0.2, -0.15) is 0 Å². The average molecular weight is 245 g/mol. The Hall–Kier alpha value is -1.84. The van der Waals surface area contributed by atoms with Gasteiger partial charge in [0.2, 0.25) is 5.91 Å². The second-order valence-corrected chi connectivity index (χ2v) is 5.05. The molecule has 0 radical (unpaired) electrons. The van der Waals surface area contributed by atoms with Gasteiger partial charge in [-0.05, 0) is 23.6 Å². The minimum atomic E-state index is 0.0685. The third-order valence-electron chi connectivity index (χ3n) is 2.86. The van der Waals surface area contributed by atoms with Gasteiger partial charge in [0, 0.05) is 13.6 Å². The molecule has 0 saturated carbocycles. The molecule has 0 spiro atoms. The van der Waals surface area contributed by atoms with Crippen molar-refractivity contribution in [1.29, 1.82) is 0 Å². The van der Waals surface area contributed by atoms with Crippen molar-refractivity contribution in [3.05, 3.63) is 30.1 Å². The number of aromatic nitrogens is 2. The number of benzene rings is 1. The summed E-state index contributed by atoms with van der Waals surface area (Å²) in [6.07, 6.45) is 2.20. The highest BCUT2D eigenvalue weighted by Gasteiger charge is 2.06. The summed E-state index contributed by atoms with van der Waals surface area (Å²) in [5.74, 6) is 0.547. The highest BCUT2D eigenvalue weighted by molar-refractivity contribution is 5.81. The summed E-state index contributed by atoms with van der Waals surface area (Å²) in [4.78, 5) is 16.0. The Morgan fingerprint density at radius 3 is 2.94 bits per heavy atom. The number of fused-ring (bicyclic) bond motifs is 1. The lowest BCUT2D eigenvalue weighted by molar-refractivity contribution is -0.120. The molecule has 0 aliphatic carbocycles. The Kier molecular flexibility index (Phi) is 3.65. The van der Waals surface area contributed by atoms with E-state index in [1.807, 2.05) is 29.8 Å². The Morgan fingerprint density at radius 1 is 1.44 bits per heavy atom. The van der Waals surface area contributed by atoms with Gasteiger partial charge in [-0.1, -0.05) is 19.9 Å². The standard InChI is InChI=1S/C14H19N3O/c1-10(2)8-15-14(18)7-11-4-5-13-12(6-11)16-9-17(13)3/h4-6,9-10H,7-8H2,1-3H3,(H,15,18). The zero-order valence-corrected chi connectivity index (χ0v) is 11.1. The van der Waals surface area contributed by atoms with Gasteiger partial charge in [0.25, 0.3) is 0 Å². The molecule has 2 aromatic rings. The van der Waals surface area contributed by atoms with Crippen LogP contribution in [0, 0.1) is 5.92 Å². The van der Waals surface area contributed by atoms with Crippen molar-refractivity contribution in [2.45, 2.75) is 20.3 Å². The molecule has 0 aliphatic heterocycles. The van der Waals surface area contributed by atoms with E-state index >= 15 is 0 Å². The van der Waals surface area contributed by atoms with E-state index in [1.54, 1.807) is 6.33 Å². The molecule has 1 aromatic carbocycles. The SMILES string of the molecule is CC(C)CNC(=O)Cc1ccc2c(c1)ncn2C. The van der Waals surface area contributed by atoms with Gasteiger partial charge in [0.1, 0.15) is 0 Å². The van der Waals surface area contributed by atoms with Crippen LogP contribution in [-0.2, 0) is 18.3 Å². The van der Waals surface area contributed by atoms with Gasteiger partial charge in [-0.3, -0.25) is 4.79 Å². The second-order valence-electron chi connectivity index (χ2n) is 5.05. The van der Waals surface area contributed by atoms with Crippen molar-refractivity contribution in [1.82, 2.24) is 14.9 Å². The zero-order valence-electron chi connectivity index (χ0n) is 11.1. The predicted octanol–water partition coefficient (Wildman–Crippen LogP) is 1.89. The molecule has 18 heavy (non-hydrogen) atoms. The van der Waals surface area contributed by atoms with Crippen LogP contribution in [-0.4, -0.2) is 22.0 Å². The number of nitrogens with one attached hydrogen (secondary N) is 1. The number of hydrogen-bond acceptors (Lipinski definition) is 2. The fourth-order valence-electron chi connectivity index (χ4n) is 1.86. The molecule has 4 heteroatoms. The predicted molar refractivity (Wildman–Crippen MR) is 72.3 cm³/mol. The Bertz CT molecular complexity index is 557. The summed E-state index contributed by atoms with van der Waals surface area (Å²) < 4.78 is 1.97. The van der Waals surface area contributed by atoms with Crippen LogP contribution >= 0.6 is 0 Å². The molecule has 0 atom stereocenters. The molecule has 0 bridgehead atoms. The fraction of sp³-hybridized carbons (Fsp3) is 0.429. The average Bonchev–Trinajstić information content (AvgIpc) is 2.68. The summed E-state index contributed by atoms with van der Waals surface area (Å²) in [6, 6.07) is 5.97. The lowest BCUT2D eigenvalue weighted by atomic mass is 10.1. The molecule has 2 rings (SSSR count). The quantitative estimate of drug-likeness (QED) is 0.894. The molecule has 1 heterocycles. The maximum absolute atomic E-state index is 11.7. The number of aryl methyl sites for hydroxylation is 1. The number of hydrogen-bond donors (Lipinski definition) is 1. The van der Waals surface area contributed by atoms with Crippen LogP contribution < -0.4 is 5.32 Å². The second kappa shape index (κ2) is 5.21. The maximum Gasteiger partial charge on any atom is 0.224 e. The third kappa shape index (κ3) is 2.88. The van der Waals surface area contributed by atoms with Crippen molar-refractivity contribution < 1.29 is 4.79 Å². The molecule has 96 valence electrons. The van der Waals surface area contributed by atoms with Gasteiger partial charge >= 0.3 is 0 Å². The van der Waals surface area contributed by atoms with Gasteiger partial charge in [-0.25, -0.2) is 4.98 Å². The minimum Gasteiger partial charge on any atom is -0.356 e. The number of nitrogens with zero attached hydrogens (tertiary/aromatic N) is 2. The van der Waals surface area contributed by atoms with Crippen molar-refractivity contribution in [2.75, 3.05) is 6.54 Å². The van der Waals surface area contributed by atoms with E-state index in [0.717, 1.165) is 23.1 Å². The minimum absolute atomic E-state index is 0.0685. The molecule has 1 N–H and O–H groups in total. The van der Waals surface area contributed by atoms with Crippen molar-refractivity contribution >= 4 is 16.9 Å². The van der Waals surface area contributed by atoms with Crippen molar-refractivity contribution in [2.24, 2.45) is 13.0 Å². The van der Waals surface area contributed by atoms with Crippen LogP contribution in [0.15, 0.2) is 24.5 Å². The van der Waals surface area contributed by atoms with Gasteiger partial charge in [-0.15, -0.1) is 0 Å². The number of amides is 1. The Labute approximate surface area is 107 Å². The number of carbonyl (C=O) groups excluding carboxylic acids is 1. The Balaban J connectivity index is 2.05. The monoisotopic (exact) mass is 245 g/mol. The third-order valence-corrected chi connectivity index (χ3v) is 2.86. The molecule has 0 saturated heterocycles. The largest absolute Gasteiger partial charge is 0.356 e. The summed E-state index contributed by atoms with van der Waals surface area (Å²) in [7, 11) is 1.96. The fourth-order valence-corrected chi connectivity index (χ4v) is 1.86. The Morgan fingerprint density at radius 2 is 2.22 bits per heavy atom. The molecular formula is C14H19N3O. The van der Waals surface area contributed by atoms with Crippen LogP contribution in [0.5, 0.6) is 0 Å². The highest BCUT2D eigenvalue weighted by Crippen LogP contribution is 2.14. The first kappa shape index (κ1) is 12.6. The topological polar surface area (TPSA) is 46.9 Å². The van der Waals surface area contributed by atoms with Gasteiger partial charge in [0.05, 0.1) is 23.8 Å². The number of imidazole rings is 1. The van der Waals surface area contributed by atoms with Gasteiger partial charge in [0.15, 0.2) is 0 Å². The van der Waals surface area contributed by atoms with Crippen molar-refractivity contribution in [3.63, 3.8) is 0 Å². The lowest BCUT2D eigenvalue weighted by Gasteiger charge is -2.07. The smallest absolute Gasteiger partial charge is 0.224 e. The van der Waals surface area contributed by atoms with Crippen LogP contribution in [0.3, 0.4) is 0 Å². The van der Waals surface area contributed by atoms with Crippen molar-refractivity contribution in [3.8, 4) is 0 Å².